The van der Waals surface area contributed by atoms with E-state index in [1.807, 2.05) is 11.8 Å². The van der Waals surface area contributed by atoms with Crippen LogP contribution in [0, 0.1) is 5.92 Å². The summed E-state index contributed by atoms with van der Waals surface area (Å²) in [5.41, 5.74) is 0.636. The summed E-state index contributed by atoms with van der Waals surface area (Å²) in [5.74, 6) is 0.824. The molecule has 2 aliphatic rings. The van der Waals surface area contributed by atoms with Crippen LogP contribution >= 0.6 is 0 Å². The molecule has 2 heterocycles. The lowest BCUT2D eigenvalue weighted by Gasteiger charge is -2.35. The number of morpholine rings is 1. The van der Waals surface area contributed by atoms with Gasteiger partial charge in [0.2, 0.25) is 11.8 Å². The molecule has 2 fully saturated rings. The topological polar surface area (TPSA) is 68.3 Å². The predicted molar refractivity (Wildman–Crippen MR) is 92.0 cm³/mol. The van der Waals surface area contributed by atoms with Crippen LogP contribution in [0.25, 0.3) is 0 Å². The molecular formula is C18H24N2O5. The maximum absolute atomic E-state index is 12.8. The van der Waals surface area contributed by atoms with Gasteiger partial charge in [-0.15, -0.1) is 0 Å². The molecule has 2 amide bonds. The van der Waals surface area contributed by atoms with E-state index in [0.29, 0.717) is 43.5 Å². The number of hydrogen-bond donors (Lipinski definition) is 0. The van der Waals surface area contributed by atoms with Gasteiger partial charge in [0.05, 0.1) is 45.1 Å². The van der Waals surface area contributed by atoms with E-state index in [4.69, 9.17) is 14.2 Å². The fourth-order valence-corrected chi connectivity index (χ4v) is 3.40. The van der Waals surface area contributed by atoms with E-state index >= 15 is 0 Å². The first-order chi connectivity index (χ1) is 12.0. The minimum atomic E-state index is -0.344. The van der Waals surface area contributed by atoms with Gasteiger partial charge in [-0.1, -0.05) is 0 Å². The van der Waals surface area contributed by atoms with Crippen LogP contribution in [0.15, 0.2) is 18.2 Å². The first-order valence-corrected chi connectivity index (χ1v) is 8.45. The summed E-state index contributed by atoms with van der Waals surface area (Å²) in [7, 11) is 3.13. The molecule has 1 aromatic rings. The first kappa shape index (κ1) is 17.5. The van der Waals surface area contributed by atoms with Crippen LogP contribution in [0.1, 0.15) is 13.3 Å². The summed E-state index contributed by atoms with van der Waals surface area (Å²) in [6.07, 6.45) is 0.212. The average Bonchev–Trinajstić information content (AvgIpc) is 3.02. The van der Waals surface area contributed by atoms with E-state index < -0.39 is 0 Å². The van der Waals surface area contributed by atoms with Gasteiger partial charge < -0.3 is 24.0 Å². The lowest BCUT2D eigenvalue weighted by molar-refractivity contribution is -0.143. The SMILES string of the molecule is COc1ccc(OC)c(N2C[C@H](C(=O)N3CCOC[C@@H]3C)CC2=O)c1. The molecule has 136 valence electrons. The second-order valence-corrected chi connectivity index (χ2v) is 6.40. The summed E-state index contributed by atoms with van der Waals surface area (Å²) in [6, 6.07) is 5.35. The maximum atomic E-state index is 12.8. The summed E-state index contributed by atoms with van der Waals surface area (Å²) >= 11 is 0. The second-order valence-electron chi connectivity index (χ2n) is 6.40. The van der Waals surface area contributed by atoms with E-state index in [-0.39, 0.29) is 30.2 Å². The molecule has 2 atom stereocenters. The van der Waals surface area contributed by atoms with Crippen LogP contribution in [0.2, 0.25) is 0 Å². The van der Waals surface area contributed by atoms with Gasteiger partial charge in [0.1, 0.15) is 11.5 Å². The van der Waals surface area contributed by atoms with Crippen molar-refractivity contribution in [2.75, 3.05) is 45.4 Å². The molecule has 0 bridgehead atoms. The van der Waals surface area contributed by atoms with E-state index in [9.17, 15) is 9.59 Å². The third-order valence-electron chi connectivity index (χ3n) is 4.80. The number of anilines is 1. The van der Waals surface area contributed by atoms with Crippen LogP contribution in [0.3, 0.4) is 0 Å². The Hall–Kier alpha value is -2.28. The average molecular weight is 348 g/mol. The summed E-state index contributed by atoms with van der Waals surface area (Å²) < 4.78 is 16.0. The molecule has 1 aromatic carbocycles. The number of nitrogens with zero attached hydrogens (tertiary/aromatic N) is 2. The Morgan fingerprint density at radius 2 is 2.08 bits per heavy atom. The van der Waals surface area contributed by atoms with Crippen molar-refractivity contribution in [2.45, 2.75) is 19.4 Å². The van der Waals surface area contributed by atoms with Crippen molar-refractivity contribution >= 4 is 17.5 Å². The van der Waals surface area contributed by atoms with Gasteiger partial charge in [0.25, 0.3) is 0 Å². The molecule has 0 N–H and O–H groups in total. The van der Waals surface area contributed by atoms with Gasteiger partial charge in [-0.25, -0.2) is 0 Å². The highest BCUT2D eigenvalue weighted by atomic mass is 16.5. The zero-order chi connectivity index (χ0) is 18.0. The van der Waals surface area contributed by atoms with E-state index in [0.717, 1.165) is 0 Å². The van der Waals surface area contributed by atoms with E-state index in [1.165, 1.54) is 0 Å². The number of carbonyl (C=O) groups is 2. The normalized spacial score (nSPS) is 23.7. The number of amides is 2. The van der Waals surface area contributed by atoms with Crippen molar-refractivity contribution in [2.24, 2.45) is 5.92 Å². The Labute approximate surface area is 147 Å². The Morgan fingerprint density at radius 3 is 2.76 bits per heavy atom. The zero-order valence-electron chi connectivity index (χ0n) is 14.9. The number of methoxy groups -OCH3 is 2. The van der Waals surface area contributed by atoms with Crippen LogP contribution in [0.5, 0.6) is 11.5 Å². The molecule has 7 nitrogen and oxygen atoms in total. The smallest absolute Gasteiger partial charge is 0.228 e. The molecule has 2 saturated heterocycles. The van der Waals surface area contributed by atoms with Crippen LogP contribution < -0.4 is 14.4 Å². The van der Waals surface area contributed by atoms with Gasteiger partial charge in [-0.2, -0.15) is 0 Å². The molecule has 7 heteroatoms. The largest absolute Gasteiger partial charge is 0.497 e. The zero-order valence-corrected chi connectivity index (χ0v) is 14.9. The maximum Gasteiger partial charge on any atom is 0.228 e. The van der Waals surface area contributed by atoms with Crippen LogP contribution in [0.4, 0.5) is 5.69 Å². The van der Waals surface area contributed by atoms with Gasteiger partial charge in [0, 0.05) is 25.6 Å². The van der Waals surface area contributed by atoms with Crippen LogP contribution in [-0.4, -0.2) is 63.3 Å². The van der Waals surface area contributed by atoms with Gasteiger partial charge >= 0.3 is 0 Å². The molecule has 0 aliphatic carbocycles. The minimum Gasteiger partial charge on any atom is -0.497 e. The Bertz CT molecular complexity index is 663. The number of ether oxygens (including phenoxy) is 3. The van der Waals surface area contributed by atoms with Crippen molar-refractivity contribution < 1.29 is 23.8 Å². The predicted octanol–water partition coefficient (Wildman–Crippen LogP) is 1.30. The highest BCUT2D eigenvalue weighted by Crippen LogP contribution is 2.36. The Kier molecular flexibility index (Phi) is 5.13. The van der Waals surface area contributed by atoms with E-state index in [1.54, 1.807) is 37.3 Å². The van der Waals surface area contributed by atoms with Crippen molar-refractivity contribution in [3.05, 3.63) is 18.2 Å². The number of rotatable bonds is 4. The summed E-state index contributed by atoms with van der Waals surface area (Å²) in [6.45, 7) is 3.99. The lowest BCUT2D eigenvalue weighted by Crippen LogP contribution is -2.49. The lowest BCUT2D eigenvalue weighted by atomic mass is 10.1. The van der Waals surface area contributed by atoms with Gasteiger partial charge in [0.15, 0.2) is 0 Å². The molecule has 3 rings (SSSR count). The number of carbonyl (C=O) groups excluding carboxylic acids is 2. The molecule has 0 spiro atoms. The monoisotopic (exact) mass is 348 g/mol. The minimum absolute atomic E-state index is 0.0218. The third-order valence-corrected chi connectivity index (χ3v) is 4.80. The fourth-order valence-electron chi connectivity index (χ4n) is 3.40. The standard InChI is InChI=1S/C18H24N2O5/c1-12-11-25-7-6-19(12)18(22)13-8-17(21)20(10-13)15-9-14(23-2)4-5-16(15)24-3/h4-5,9,12-13H,6-8,10-11H2,1-3H3/t12-,13+/m0/s1. The summed E-state index contributed by atoms with van der Waals surface area (Å²) in [5, 5.41) is 0. The highest BCUT2D eigenvalue weighted by Gasteiger charge is 2.39. The van der Waals surface area contributed by atoms with Crippen molar-refractivity contribution in [1.82, 2.24) is 4.90 Å². The Balaban J connectivity index is 1.80. The Morgan fingerprint density at radius 1 is 1.28 bits per heavy atom. The van der Waals surface area contributed by atoms with Crippen molar-refractivity contribution in [1.29, 1.82) is 0 Å². The molecule has 2 aliphatic heterocycles. The third kappa shape index (κ3) is 3.42. The molecule has 0 unspecified atom stereocenters. The van der Waals surface area contributed by atoms with Gasteiger partial charge in [-0.3, -0.25) is 9.59 Å². The van der Waals surface area contributed by atoms with Crippen molar-refractivity contribution in [3.63, 3.8) is 0 Å². The van der Waals surface area contributed by atoms with E-state index in [2.05, 4.69) is 0 Å². The number of hydrogen-bond acceptors (Lipinski definition) is 5. The molecular weight excluding hydrogens is 324 g/mol. The number of benzene rings is 1. The second kappa shape index (κ2) is 7.31. The summed E-state index contributed by atoms with van der Waals surface area (Å²) in [4.78, 5) is 28.8. The molecule has 0 saturated carbocycles. The van der Waals surface area contributed by atoms with Gasteiger partial charge in [-0.05, 0) is 19.1 Å². The quantitative estimate of drug-likeness (QED) is 0.820. The van der Waals surface area contributed by atoms with Crippen molar-refractivity contribution in [3.8, 4) is 11.5 Å². The molecule has 25 heavy (non-hydrogen) atoms. The van der Waals surface area contributed by atoms with Crippen LogP contribution in [-0.2, 0) is 14.3 Å². The molecule has 0 aromatic heterocycles. The fraction of sp³-hybridized carbons (Fsp3) is 0.556. The molecule has 0 radical (unpaired) electrons. The first-order valence-electron chi connectivity index (χ1n) is 8.45. The highest BCUT2D eigenvalue weighted by molar-refractivity contribution is 6.01.